The van der Waals surface area contributed by atoms with E-state index in [1.807, 2.05) is 41.2 Å². The minimum Gasteiger partial charge on any atom is -0.399 e. The van der Waals surface area contributed by atoms with E-state index in [1.165, 1.54) is 0 Å². The maximum absolute atomic E-state index is 5.84. The molecule has 4 heteroatoms. The number of nitrogen functional groups attached to an aromatic ring is 1. The number of benzene rings is 1. The minimum atomic E-state index is 0.675. The molecule has 0 atom stereocenters. The average Bonchev–Trinajstić information content (AvgIpc) is 2.84. The molecule has 0 unspecified atom stereocenters. The molecule has 0 saturated carbocycles. The highest BCUT2D eigenvalue weighted by atomic mass is 16.5. The van der Waals surface area contributed by atoms with E-state index < -0.39 is 0 Å². The van der Waals surface area contributed by atoms with Gasteiger partial charge in [0.25, 0.3) is 0 Å². The Morgan fingerprint density at radius 3 is 2.82 bits per heavy atom. The third-order valence-electron chi connectivity index (χ3n) is 2.59. The van der Waals surface area contributed by atoms with Crippen molar-refractivity contribution in [2.75, 3.05) is 18.9 Å². The lowest BCUT2D eigenvalue weighted by molar-refractivity contribution is 0.126. The van der Waals surface area contributed by atoms with E-state index in [2.05, 4.69) is 5.10 Å². The summed E-state index contributed by atoms with van der Waals surface area (Å²) in [6, 6.07) is 9.79. The highest BCUT2D eigenvalue weighted by molar-refractivity contribution is 5.46. The maximum Gasteiger partial charge on any atom is 0.0662 e. The van der Waals surface area contributed by atoms with Gasteiger partial charge >= 0.3 is 0 Å². The molecule has 17 heavy (non-hydrogen) atoms. The summed E-state index contributed by atoms with van der Waals surface area (Å²) in [5.41, 5.74) is 7.82. The molecule has 0 spiro atoms. The summed E-state index contributed by atoms with van der Waals surface area (Å²) in [5.74, 6) is 0. The molecule has 0 aliphatic heterocycles. The molecule has 0 bridgehead atoms. The van der Waals surface area contributed by atoms with Gasteiger partial charge in [-0.25, -0.2) is 0 Å². The van der Waals surface area contributed by atoms with Crippen molar-refractivity contribution in [1.82, 2.24) is 9.78 Å². The van der Waals surface area contributed by atoms with Gasteiger partial charge in [0.05, 0.1) is 19.8 Å². The van der Waals surface area contributed by atoms with Gasteiger partial charge in [0.15, 0.2) is 0 Å². The Bertz CT molecular complexity index is 440. The zero-order chi connectivity index (χ0) is 11.9. The van der Waals surface area contributed by atoms with Crippen LogP contribution in [0.15, 0.2) is 42.7 Å². The van der Waals surface area contributed by atoms with Gasteiger partial charge in [0.1, 0.15) is 0 Å². The standard InChI is InChI=1S/C13H17N3O/c14-13-5-2-1-4-12(13)6-10-17-11-9-16-8-3-7-15-16/h1-5,7-8H,6,9-11,14H2. The highest BCUT2D eigenvalue weighted by Gasteiger charge is 1.97. The van der Waals surface area contributed by atoms with Crippen molar-refractivity contribution >= 4 is 5.69 Å². The fraction of sp³-hybridized carbons (Fsp3) is 0.308. The summed E-state index contributed by atoms with van der Waals surface area (Å²) in [5, 5.41) is 4.10. The molecular weight excluding hydrogens is 214 g/mol. The second kappa shape index (κ2) is 6.06. The first-order valence-electron chi connectivity index (χ1n) is 5.75. The largest absolute Gasteiger partial charge is 0.399 e. The van der Waals surface area contributed by atoms with Crippen LogP contribution < -0.4 is 5.73 Å². The molecule has 90 valence electrons. The summed E-state index contributed by atoms with van der Waals surface area (Å²) in [6.07, 6.45) is 4.55. The Labute approximate surface area is 101 Å². The smallest absolute Gasteiger partial charge is 0.0662 e. The molecule has 0 amide bonds. The average molecular weight is 231 g/mol. The summed E-state index contributed by atoms with van der Waals surface area (Å²) in [6.45, 7) is 2.15. The number of anilines is 1. The summed E-state index contributed by atoms with van der Waals surface area (Å²) < 4.78 is 7.41. The van der Waals surface area contributed by atoms with Crippen LogP contribution in [0.5, 0.6) is 0 Å². The molecule has 0 saturated heterocycles. The van der Waals surface area contributed by atoms with Crippen molar-refractivity contribution in [2.24, 2.45) is 0 Å². The number of para-hydroxylation sites is 1. The molecule has 0 radical (unpaired) electrons. The van der Waals surface area contributed by atoms with Crippen molar-refractivity contribution in [2.45, 2.75) is 13.0 Å². The quantitative estimate of drug-likeness (QED) is 0.608. The molecule has 2 rings (SSSR count). The van der Waals surface area contributed by atoms with Crippen molar-refractivity contribution in [3.05, 3.63) is 48.3 Å². The van der Waals surface area contributed by atoms with Crippen LogP contribution in [0.2, 0.25) is 0 Å². The first-order valence-corrected chi connectivity index (χ1v) is 5.75. The fourth-order valence-corrected chi connectivity index (χ4v) is 1.64. The number of hydrogen-bond donors (Lipinski definition) is 1. The molecule has 1 aromatic carbocycles. The molecule has 2 aromatic rings. The fourth-order valence-electron chi connectivity index (χ4n) is 1.64. The monoisotopic (exact) mass is 231 g/mol. The van der Waals surface area contributed by atoms with Crippen LogP contribution in [0.1, 0.15) is 5.56 Å². The van der Waals surface area contributed by atoms with E-state index in [-0.39, 0.29) is 0 Å². The summed E-state index contributed by atoms with van der Waals surface area (Å²) in [7, 11) is 0. The van der Waals surface area contributed by atoms with Gasteiger partial charge in [0, 0.05) is 18.1 Å². The second-order valence-electron chi connectivity index (χ2n) is 3.83. The van der Waals surface area contributed by atoms with Gasteiger partial charge < -0.3 is 10.5 Å². The van der Waals surface area contributed by atoms with Crippen LogP contribution in [0, 0.1) is 0 Å². The lowest BCUT2D eigenvalue weighted by Gasteiger charge is -2.06. The van der Waals surface area contributed by atoms with E-state index in [9.17, 15) is 0 Å². The third kappa shape index (κ3) is 3.60. The minimum absolute atomic E-state index is 0.675. The number of nitrogens with zero attached hydrogens (tertiary/aromatic N) is 2. The van der Waals surface area contributed by atoms with E-state index in [0.29, 0.717) is 13.2 Å². The summed E-state index contributed by atoms with van der Waals surface area (Å²) in [4.78, 5) is 0. The number of hydrogen-bond acceptors (Lipinski definition) is 3. The lowest BCUT2D eigenvalue weighted by atomic mass is 10.1. The van der Waals surface area contributed by atoms with Crippen molar-refractivity contribution in [3.63, 3.8) is 0 Å². The zero-order valence-corrected chi connectivity index (χ0v) is 9.75. The van der Waals surface area contributed by atoms with E-state index in [4.69, 9.17) is 10.5 Å². The van der Waals surface area contributed by atoms with Crippen molar-refractivity contribution < 1.29 is 4.74 Å². The van der Waals surface area contributed by atoms with Crippen LogP contribution in [0.3, 0.4) is 0 Å². The molecule has 4 nitrogen and oxygen atoms in total. The predicted molar refractivity (Wildman–Crippen MR) is 67.6 cm³/mol. The molecule has 2 N–H and O–H groups in total. The van der Waals surface area contributed by atoms with Gasteiger partial charge in [-0.3, -0.25) is 4.68 Å². The summed E-state index contributed by atoms with van der Waals surface area (Å²) >= 11 is 0. The Morgan fingerprint density at radius 1 is 1.18 bits per heavy atom. The van der Waals surface area contributed by atoms with Crippen LogP contribution >= 0.6 is 0 Å². The second-order valence-corrected chi connectivity index (χ2v) is 3.83. The van der Waals surface area contributed by atoms with E-state index in [0.717, 1.165) is 24.2 Å². The van der Waals surface area contributed by atoms with Crippen molar-refractivity contribution in [1.29, 1.82) is 0 Å². The SMILES string of the molecule is Nc1ccccc1CCOCCn1cccn1. The predicted octanol–water partition coefficient (Wildman–Crippen LogP) is 1.72. The number of rotatable bonds is 6. The Hall–Kier alpha value is -1.81. The van der Waals surface area contributed by atoms with Gasteiger partial charge in [0.2, 0.25) is 0 Å². The maximum atomic E-state index is 5.84. The molecule has 0 aliphatic carbocycles. The van der Waals surface area contributed by atoms with Crippen LogP contribution in [0.4, 0.5) is 5.69 Å². The first kappa shape index (κ1) is 11.7. The molecular formula is C13H17N3O. The third-order valence-corrected chi connectivity index (χ3v) is 2.59. The first-order chi connectivity index (χ1) is 8.36. The number of aromatic nitrogens is 2. The van der Waals surface area contributed by atoms with Gasteiger partial charge in [-0.05, 0) is 24.1 Å². The molecule has 1 aromatic heterocycles. The highest BCUT2D eigenvalue weighted by Crippen LogP contribution is 2.10. The Balaban J connectivity index is 1.65. The number of ether oxygens (including phenoxy) is 1. The van der Waals surface area contributed by atoms with Crippen molar-refractivity contribution in [3.8, 4) is 0 Å². The normalized spacial score (nSPS) is 10.6. The van der Waals surface area contributed by atoms with E-state index in [1.54, 1.807) is 6.20 Å². The number of nitrogens with two attached hydrogens (primary N) is 1. The van der Waals surface area contributed by atoms with Gasteiger partial charge in [-0.2, -0.15) is 5.10 Å². The molecule has 1 heterocycles. The van der Waals surface area contributed by atoms with Crippen LogP contribution in [-0.2, 0) is 17.7 Å². The topological polar surface area (TPSA) is 53.1 Å². The Morgan fingerprint density at radius 2 is 2.06 bits per heavy atom. The lowest BCUT2D eigenvalue weighted by Crippen LogP contribution is -2.08. The van der Waals surface area contributed by atoms with Gasteiger partial charge in [-0.1, -0.05) is 18.2 Å². The molecule has 0 fully saturated rings. The zero-order valence-electron chi connectivity index (χ0n) is 9.75. The molecule has 0 aliphatic rings. The van der Waals surface area contributed by atoms with Gasteiger partial charge in [-0.15, -0.1) is 0 Å². The van der Waals surface area contributed by atoms with E-state index >= 15 is 0 Å². The van der Waals surface area contributed by atoms with Crippen LogP contribution in [0.25, 0.3) is 0 Å². The Kier molecular flexibility index (Phi) is 4.16. The van der Waals surface area contributed by atoms with Crippen LogP contribution in [-0.4, -0.2) is 23.0 Å².